The molecule has 0 bridgehead atoms. The highest BCUT2D eigenvalue weighted by atomic mass is 35.5. The lowest BCUT2D eigenvalue weighted by molar-refractivity contribution is 1.04. The van der Waals surface area contributed by atoms with Crippen molar-refractivity contribution in [2.45, 2.75) is 13.5 Å². The Kier molecular flexibility index (Phi) is 3.31. The number of nitrogens with zero attached hydrogens (tertiary/aromatic N) is 3. The topological polar surface area (TPSA) is 50.7 Å². The van der Waals surface area contributed by atoms with E-state index in [4.69, 9.17) is 11.6 Å². The fourth-order valence-electron chi connectivity index (χ4n) is 1.85. The molecular formula is C13H11ClN4S. The zero-order valence-electron chi connectivity index (χ0n) is 10.2. The van der Waals surface area contributed by atoms with E-state index in [1.807, 2.05) is 36.6 Å². The van der Waals surface area contributed by atoms with Crippen molar-refractivity contribution in [1.29, 1.82) is 0 Å². The molecule has 2 aromatic heterocycles. The van der Waals surface area contributed by atoms with Gasteiger partial charge in [0, 0.05) is 10.8 Å². The van der Waals surface area contributed by atoms with Crippen LogP contribution in [-0.2, 0) is 6.54 Å². The van der Waals surface area contributed by atoms with Crippen molar-refractivity contribution in [2.24, 2.45) is 0 Å². The second-order valence-corrected chi connectivity index (χ2v) is 5.47. The Morgan fingerprint density at radius 3 is 2.84 bits per heavy atom. The molecule has 2 heterocycles. The normalized spacial score (nSPS) is 10.8. The van der Waals surface area contributed by atoms with Crippen LogP contribution in [0.2, 0.25) is 5.28 Å². The van der Waals surface area contributed by atoms with Crippen LogP contribution in [0.15, 0.2) is 29.6 Å². The number of hydrogen-bond acceptors (Lipinski definition) is 5. The second kappa shape index (κ2) is 5.11. The molecule has 0 aliphatic heterocycles. The van der Waals surface area contributed by atoms with Crippen molar-refractivity contribution >= 4 is 39.7 Å². The van der Waals surface area contributed by atoms with Crippen molar-refractivity contribution in [3.8, 4) is 0 Å². The number of anilines is 1. The first-order chi connectivity index (χ1) is 9.22. The van der Waals surface area contributed by atoms with Gasteiger partial charge in [-0.1, -0.05) is 12.1 Å². The first-order valence-corrected chi connectivity index (χ1v) is 7.05. The first-order valence-electron chi connectivity index (χ1n) is 5.79. The molecule has 0 atom stereocenters. The van der Waals surface area contributed by atoms with Gasteiger partial charge >= 0.3 is 0 Å². The Balaban J connectivity index is 1.91. The molecule has 0 spiro atoms. The zero-order valence-corrected chi connectivity index (χ0v) is 11.8. The Morgan fingerprint density at radius 1 is 1.21 bits per heavy atom. The van der Waals surface area contributed by atoms with E-state index in [1.165, 1.54) is 0 Å². The molecule has 6 heteroatoms. The smallest absolute Gasteiger partial charge is 0.224 e. The number of benzene rings is 1. The lowest BCUT2D eigenvalue weighted by Gasteiger charge is -2.07. The molecule has 3 aromatic rings. The SMILES string of the molecule is Cc1nc(CNc2nc(Cl)nc3ccccc23)cs1. The predicted octanol–water partition coefficient (Wildman–Crippen LogP) is 3.66. The summed E-state index contributed by atoms with van der Waals surface area (Å²) in [5, 5.41) is 7.56. The summed E-state index contributed by atoms with van der Waals surface area (Å²) in [6, 6.07) is 7.78. The quantitative estimate of drug-likeness (QED) is 0.748. The third kappa shape index (κ3) is 2.67. The van der Waals surface area contributed by atoms with Crippen LogP contribution in [0.25, 0.3) is 10.9 Å². The van der Waals surface area contributed by atoms with Crippen molar-refractivity contribution in [1.82, 2.24) is 15.0 Å². The summed E-state index contributed by atoms with van der Waals surface area (Å²) in [6.07, 6.45) is 0. The van der Waals surface area contributed by atoms with Gasteiger partial charge in [0.2, 0.25) is 5.28 Å². The van der Waals surface area contributed by atoms with Crippen LogP contribution < -0.4 is 5.32 Å². The molecule has 0 saturated heterocycles. The van der Waals surface area contributed by atoms with E-state index >= 15 is 0 Å². The van der Waals surface area contributed by atoms with Crippen LogP contribution in [0.5, 0.6) is 0 Å². The fourth-order valence-corrected chi connectivity index (χ4v) is 2.63. The largest absolute Gasteiger partial charge is 0.364 e. The third-order valence-electron chi connectivity index (χ3n) is 2.68. The number of para-hydroxylation sites is 1. The number of aromatic nitrogens is 3. The number of rotatable bonds is 3. The predicted molar refractivity (Wildman–Crippen MR) is 78.7 cm³/mol. The van der Waals surface area contributed by atoms with E-state index in [1.54, 1.807) is 11.3 Å². The summed E-state index contributed by atoms with van der Waals surface area (Å²) in [6.45, 7) is 2.62. The summed E-state index contributed by atoms with van der Waals surface area (Å²) in [7, 11) is 0. The minimum atomic E-state index is 0.246. The van der Waals surface area contributed by atoms with Gasteiger partial charge in [-0.15, -0.1) is 11.3 Å². The van der Waals surface area contributed by atoms with Crippen LogP contribution in [0, 0.1) is 6.92 Å². The summed E-state index contributed by atoms with van der Waals surface area (Å²) >= 11 is 7.57. The Hall–Kier alpha value is -1.72. The van der Waals surface area contributed by atoms with E-state index in [2.05, 4.69) is 20.3 Å². The number of nitrogens with one attached hydrogen (secondary N) is 1. The highest BCUT2D eigenvalue weighted by Gasteiger charge is 2.06. The maximum atomic E-state index is 5.93. The molecular weight excluding hydrogens is 280 g/mol. The average Bonchev–Trinajstić information content (AvgIpc) is 2.81. The molecule has 0 amide bonds. The lowest BCUT2D eigenvalue weighted by atomic mass is 10.2. The maximum Gasteiger partial charge on any atom is 0.224 e. The molecule has 0 fully saturated rings. The minimum Gasteiger partial charge on any atom is -0.364 e. The first kappa shape index (κ1) is 12.3. The highest BCUT2D eigenvalue weighted by molar-refractivity contribution is 7.09. The van der Waals surface area contributed by atoms with E-state index in [-0.39, 0.29) is 5.28 Å². The summed E-state index contributed by atoms with van der Waals surface area (Å²) < 4.78 is 0. The van der Waals surface area contributed by atoms with Gasteiger partial charge < -0.3 is 5.32 Å². The van der Waals surface area contributed by atoms with E-state index in [0.29, 0.717) is 6.54 Å². The molecule has 4 nitrogen and oxygen atoms in total. The lowest BCUT2D eigenvalue weighted by Crippen LogP contribution is -2.03. The summed E-state index contributed by atoms with van der Waals surface area (Å²) in [5.41, 5.74) is 1.83. The molecule has 19 heavy (non-hydrogen) atoms. The molecule has 96 valence electrons. The summed E-state index contributed by atoms with van der Waals surface area (Å²) in [5.74, 6) is 0.737. The Bertz CT molecular complexity index is 725. The van der Waals surface area contributed by atoms with Gasteiger partial charge in [0.15, 0.2) is 0 Å². The number of hydrogen-bond donors (Lipinski definition) is 1. The second-order valence-electron chi connectivity index (χ2n) is 4.07. The molecule has 0 unspecified atom stereocenters. The van der Waals surface area contributed by atoms with Crippen LogP contribution in [0.1, 0.15) is 10.7 Å². The fraction of sp³-hybridized carbons (Fsp3) is 0.154. The van der Waals surface area contributed by atoms with Crippen LogP contribution in [-0.4, -0.2) is 15.0 Å². The van der Waals surface area contributed by atoms with Crippen molar-refractivity contribution in [2.75, 3.05) is 5.32 Å². The van der Waals surface area contributed by atoms with Gasteiger partial charge in [-0.2, -0.15) is 0 Å². The summed E-state index contributed by atoms with van der Waals surface area (Å²) in [4.78, 5) is 12.8. The van der Waals surface area contributed by atoms with Crippen molar-refractivity contribution in [3.05, 3.63) is 45.6 Å². The maximum absolute atomic E-state index is 5.93. The van der Waals surface area contributed by atoms with Gasteiger partial charge in [0.25, 0.3) is 0 Å². The minimum absolute atomic E-state index is 0.246. The van der Waals surface area contributed by atoms with E-state index in [0.717, 1.165) is 27.4 Å². The number of aryl methyl sites for hydroxylation is 1. The van der Waals surface area contributed by atoms with Gasteiger partial charge in [-0.05, 0) is 30.7 Å². The van der Waals surface area contributed by atoms with Crippen LogP contribution >= 0.6 is 22.9 Å². The average molecular weight is 291 g/mol. The molecule has 1 aromatic carbocycles. The van der Waals surface area contributed by atoms with Gasteiger partial charge in [0.1, 0.15) is 5.82 Å². The third-order valence-corrected chi connectivity index (χ3v) is 3.67. The van der Waals surface area contributed by atoms with Crippen LogP contribution in [0.4, 0.5) is 5.82 Å². The van der Waals surface area contributed by atoms with Gasteiger partial charge in [-0.3, -0.25) is 0 Å². The Morgan fingerprint density at radius 2 is 2.05 bits per heavy atom. The molecule has 0 aliphatic rings. The molecule has 0 saturated carbocycles. The van der Waals surface area contributed by atoms with Crippen molar-refractivity contribution < 1.29 is 0 Å². The zero-order chi connectivity index (χ0) is 13.2. The van der Waals surface area contributed by atoms with Crippen molar-refractivity contribution in [3.63, 3.8) is 0 Å². The van der Waals surface area contributed by atoms with E-state index < -0.39 is 0 Å². The number of halogens is 1. The standard InChI is InChI=1S/C13H11ClN4S/c1-8-16-9(7-19-8)6-15-12-10-4-2-3-5-11(10)17-13(14)18-12/h2-5,7H,6H2,1H3,(H,15,17,18). The highest BCUT2D eigenvalue weighted by Crippen LogP contribution is 2.22. The monoisotopic (exact) mass is 290 g/mol. The molecule has 3 rings (SSSR count). The van der Waals surface area contributed by atoms with Gasteiger partial charge in [-0.25, -0.2) is 15.0 Å². The Labute approximate surface area is 119 Å². The molecule has 1 N–H and O–H groups in total. The van der Waals surface area contributed by atoms with E-state index in [9.17, 15) is 0 Å². The molecule has 0 aliphatic carbocycles. The molecule has 0 radical (unpaired) electrons. The number of thiazole rings is 1. The van der Waals surface area contributed by atoms with Crippen LogP contribution in [0.3, 0.4) is 0 Å². The number of fused-ring (bicyclic) bond motifs is 1. The van der Waals surface area contributed by atoms with Gasteiger partial charge in [0.05, 0.1) is 22.8 Å².